The Bertz CT molecular complexity index is 912. The van der Waals surface area contributed by atoms with Crippen LogP contribution in [0.25, 0.3) is 0 Å². The lowest BCUT2D eigenvalue weighted by atomic mass is 9.49. The molecule has 0 bridgehead atoms. The molecule has 7 atom stereocenters. The number of aliphatic hydroxyl groups is 1. The summed E-state index contributed by atoms with van der Waals surface area (Å²) in [6.07, 6.45) is 15.9. The molecule has 0 saturated heterocycles. The van der Waals surface area contributed by atoms with E-state index in [-0.39, 0.29) is 23.0 Å². The SMILES string of the molecule is [3H][B]SO[C@@H]1CC2=CC=C3C(CC[C@]4(C)C([C@@H](C)CCC(O)(CC)CC)=CCC34)[C@@]2(C)[C@@H](OS[B][3H])C1. The standard InChI is InChI=1S/C28H44B2O3S2/c1-6-28(31,7-2)15-12-18(3)22-10-11-23-21-9-8-19-16-20(32-34-29)17-25(33-35-30)27(19,5)24(21)13-14-26(22,23)4/h8-10,18,20,23-25,29-31H,6-7,11-17H2,1-5H3/t18-,20+,23?,24?,25-,26+,27-/m0/s1/i29T,30T. The van der Waals surface area contributed by atoms with Crippen LogP contribution in [-0.2, 0) is 8.37 Å². The molecule has 2 saturated carbocycles. The molecule has 3 nitrogen and oxygen atoms in total. The van der Waals surface area contributed by atoms with Gasteiger partial charge in [-0.3, -0.25) is 0 Å². The van der Waals surface area contributed by atoms with Crippen LogP contribution < -0.4 is 0 Å². The zero-order chi connectivity index (χ0) is 26.8. The van der Waals surface area contributed by atoms with Crippen LogP contribution >= 0.6 is 23.8 Å². The predicted octanol–water partition coefficient (Wildman–Crippen LogP) is 6.68. The highest BCUT2D eigenvalue weighted by Crippen LogP contribution is 2.65. The minimum Gasteiger partial charge on any atom is -0.390 e. The van der Waals surface area contributed by atoms with Crippen molar-refractivity contribution in [1.82, 2.24) is 0 Å². The van der Waals surface area contributed by atoms with Gasteiger partial charge < -0.3 is 13.5 Å². The second-order valence-electron chi connectivity index (χ2n) is 11.9. The molecule has 2 radical (unpaired) electrons. The molecule has 0 aliphatic heterocycles. The maximum Gasteiger partial charge on any atom is 0.209 e. The Kier molecular flexibility index (Phi) is 7.90. The molecular formula is C28H44B2O3S2. The van der Waals surface area contributed by atoms with Gasteiger partial charge in [0.2, 0.25) is 14.2 Å². The summed E-state index contributed by atoms with van der Waals surface area (Å²) in [6.45, 7) is 11.5. The summed E-state index contributed by atoms with van der Waals surface area (Å²) in [5.41, 5.74) is 4.12. The first-order valence-corrected chi connectivity index (χ1v) is 15.2. The molecule has 0 aromatic heterocycles. The lowest BCUT2D eigenvalue weighted by Crippen LogP contribution is -2.52. The summed E-state index contributed by atoms with van der Waals surface area (Å²) in [6, 6.07) is 0. The number of hydrogen-bond acceptors (Lipinski definition) is 5. The van der Waals surface area contributed by atoms with Crippen LogP contribution in [0.3, 0.4) is 0 Å². The quantitative estimate of drug-likeness (QED) is 0.177. The molecule has 4 aliphatic rings. The number of fused-ring (bicyclic) bond motifs is 5. The minimum atomic E-state index is -0.531. The smallest absolute Gasteiger partial charge is 0.209 e. The van der Waals surface area contributed by atoms with E-state index in [0.29, 0.717) is 17.8 Å². The van der Waals surface area contributed by atoms with E-state index in [0.717, 1.165) is 75.2 Å². The highest BCUT2D eigenvalue weighted by molar-refractivity contribution is 8.16. The molecule has 0 aromatic carbocycles. The van der Waals surface area contributed by atoms with E-state index in [4.69, 9.17) is 11.0 Å². The molecular weight excluding hydrogens is 470 g/mol. The summed E-state index contributed by atoms with van der Waals surface area (Å²) in [4.78, 5) is 0. The van der Waals surface area contributed by atoms with Gasteiger partial charge in [0.15, 0.2) is 0 Å². The van der Waals surface area contributed by atoms with Crippen molar-refractivity contribution in [1.29, 1.82) is 2.67 Å². The number of hydrogen-bond donors (Lipinski definition) is 1. The average molecular weight is 518 g/mol. The van der Waals surface area contributed by atoms with Crippen LogP contribution in [0.4, 0.5) is 0 Å². The lowest BCUT2D eigenvalue weighted by Gasteiger charge is -2.57. The Morgan fingerprint density at radius 1 is 1.20 bits per heavy atom. The third kappa shape index (κ3) is 4.91. The Morgan fingerprint density at radius 2 is 1.94 bits per heavy atom. The molecule has 35 heavy (non-hydrogen) atoms. The Balaban J connectivity index is 1.56. The summed E-state index contributed by atoms with van der Waals surface area (Å²) < 4.78 is 27.0. The van der Waals surface area contributed by atoms with Crippen molar-refractivity contribution < 1.29 is 13.5 Å². The predicted molar refractivity (Wildman–Crippen MR) is 154 cm³/mol. The Labute approximate surface area is 227 Å². The highest BCUT2D eigenvalue weighted by atomic mass is 32.2. The summed E-state index contributed by atoms with van der Waals surface area (Å²) in [5.74, 6) is 1.45. The molecule has 0 heterocycles. The third-order valence-corrected chi connectivity index (χ3v) is 11.2. The fourth-order valence-electron chi connectivity index (χ4n) is 7.99. The summed E-state index contributed by atoms with van der Waals surface area (Å²) in [7, 11) is 2.51. The second-order valence-corrected chi connectivity index (χ2v) is 12.7. The van der Waals surface area contributed by atoms with Crippen LogP contribution in [0.1, 0.15) is 92.4 Å². The zero-order valence-corrected chi connectivity index (χ0v) is 23.9. The van der Waals surface area contributed by atoms with Crippen LogP contribution in [0.2, 0.25) is 0 Å². The number of allylic oxidation sites excluding steroid dienone is 5. The van der Waals surface area contributed by atoms with Crippen molar-refractivity contribution in [2.75, 3.05) is 0 Å². The van der Waals surface area contributed by atoms with E-state index in [1.807, 2.05) is 0 Å². The third-order valence-electron chi connectivity index (χ3n) is 10.5. The minimum absolute atomic E-state index is 0.0107. The van der Waals surface area contributed by atoms with Crippen molar-refractivity contribution in [3.63, 3.8) is 0 Å². The van der Waals surface area contributed by atoms with E-state index >= 15 is 0 Å². The molecule has 1 N–H and O–H groups in total. The molecule has 0 amide bonds. The van der Waals surface area contributed by atoms with Crippen LogP contribution in [-0.4, -0.2) is 39.8 Å². The Hall–Kier alpha value is -0.0701. The van der Waals surface area contributed by atoms with Crippen molar-refractivity contribution in [2.45, 2.75) is 110 Å². The van der Waals surface area contributed by atoms with Crippen molar-refractivity contribution in [3.8, 4) is 0 Å². The fourth-order valence-corrected chi connectivity index (χ4v) is 8.71. The van der Waals surface area contributed by atoms with Gasteiger partial charge in [-0.1, -0.05) is 93.4 Å². The van der Waals surface area contributed by atoms with E-state index in [9.17, 15) is 5.11 Å². The van der Waals surface area contributed by atoms with Crippen LogP contribution in [0.5, 0.6) is 0 Å². The maximum atomic E-state index is 10.9. The van der Waals surface area contributed by atoms with E-state index in [1.54, 1.807) is 11.1 Å². The number of rotatable bonds is 12. The first-order valence-electron chi connectivity index (χ1n) is 14.7. The zero-order valence-electron chi connectivity index (χ0n) is 24.2. The van der Waals surface area contributed by atoms with Gasteiger partial charge >= 0.3 is 0 Å². The molecule has 0 aromatic rings. The van der Waals surface area contributed by atoms with Gasteiger partial charge in [0.1, 0.15) is 0 Å². The van der Waals surface area contributed by atoms with E-state index in [2.05, 4.69) is 52.8 Å². The Morgan fingerprint density at radius 3 is 2.66 bits per heavy atom. The van der Waals surface area contributed by atoms with Gasteiger partial charge in [-0.25, -0.2) is 0 Å². The van der Waals surface area contributed by atoms with Crippen molar-refractivity contribution in [3.05, 3.63) is 34.9 Å². The van der Waals surface area contributed by atoms with Gasteiger partial charge in [-0.2, -0.15) is 0 Å². The molecule has 4 rings (SSSR count). The molecule has 2 fully saturated rings. The molecule has 2 unspecified atom stereocenters. The van der Waals surface area contributed by atoms with Gasteiger partial charge in [-0.05, 0) is 77.2 Å². The van der Waals surface area contributed by atoms with Gasteiger partial charge in [0, 0.05) is 11.8 Å². The lowest BCUT2D eigenvalue weighted by molar-refractivity contribution is -0.0156. The summed E-state index contributed by atoms with van der Waals surface area (Å²) in [5, 5.41) is 10.9. The molecule has 192 valence electrons. The molecule has 0 spiro atoms. The normalized spacial score (nSPS) is 38.1. The topological polar surface area (TPSA) is 38.7 Å². The molecule has 7 heteroatoms. The van der Waals surface area contributed by atoms with Gasteiger partial charge in [0.25, 0.3) is 0 Å². The largest absolute Gasteiger partial charge is 0.390 e. The van der Waals surface area contributed by atoms with Crippen LogP contribution in [0.15, 0.2) is 34.9 Å². The van der Waals surface area contributed by atoms with Crippen molar-refractivity contribution >= 4 is 38.0 Å². The molecule has 4 aliphatic carbocycles. The van der Waals surface area contributed by atoms with Gasteiger partial charge in [-0.15, -0.1) is 0 Å². The van der Waals surface area contributed by atoms with Crippen LogP contribution in [0, 0.1) is 28.6 Å². The highest BCUT2D eigenvalue weighted by Gasteiger charge is 2.58. The average Bonchev–Trinajstić information content (AvgIpc) is 3.26. The van der Waals surface area contributed by atoms with E-state index in [1.165, 1.54) is 26.2 Å². The fraction of sp³-hybridized carbons (Fsp3) is 0.786. The second kappa shape index (κ2) is 11.0. The first-order chi connectivity index (χ1) is 17.7. The first kappa shape index (κ1) is 25.2. The summed E-state index contributed by atoms with van der Waals surface area (Å²) >= 11 is 2.22. The monoisotopic (exact) mass is 518 g/mol. The van der Waals surface area contributed by atoms with E-state index < -0.39 is 5.60 Å². The van der Waals surface area contributed by atoms with Crippen molar-refractivity contribution in [2.24, 2.45) is 28.6 Å². The maximum absolute atomic E-state index is 10.9. The van der Waals surface area contributed by atoms with Gasteiger partial charge in [0.05, 0.1) is 17.8 Å².